The van der Waals surface area contributed by atoms with Gasteiger partial charge in [-0.2, -0.15) is 0 Å². The lowest BCUT2D eigenvalue weighted by Gasteiger charge is -2.11. The van der Waals surface area contributed by atoms with Crippen molar-refractivity contribution in [3.63, 3.8) is 0 Å². The Labute approximate surface area is 171 Å². The molecule has 0 fully saturated rings. The Bertz CT molecular complexity index is 1080. The number of nitrogens with zero attached hydrogens (tertiary/aromatic N) is 2. The van der Waals surface area contributed by atoms with Gasteiger partial charge in [0.25, 0.3) is 0 Å². The molecule has 0 unspecified atom stereocenters. The molecule has 0 amide bonds. The monoisotopic (exact) mass is 414 g/mol. The molecule has 3 rings (SSSR count). The van der Waals surface area contributed by atoms with Crippen LogP contribution in [0.3, 0.4) is 0 Å². The Morgan fingerprint density at radius 2 is 2.07 bits per heavy atom. The molecular formula is C20H22N4O4S. The number of aryl methyl sites for hydroxylation is 1. The first-order valence-corrected chi connectivity index (χ1v) is 9.98. The van der Waals surface area contributed by atoms with Crippen molar-refractivity contribution in [3.8, 4) is 0 Å². The number of ketones is 1. The van der Waals surface area contributed by atoms with E-state index in [1.807, 2.05) is 6.92 Å². The lowest BCUT2D eigenvalue weighted by Crippen LogP contribution is -2.17. The van der Waals surface area contributed by atoms with E-state index >= 15 is 0 Å². The number of aromatic amines is 1. The van der Waals surface area contributed by atoms with Crippen LogP contribution in [0.1, 0.15) is 47.2 Å². The number of fused-ring (bicyclic) bond motifs is 1. The van der Waals surface area contributed by atoms with Crippen LogP contribution < -0.4 is 5.32 Å². The minimum Gasteiger partial charge on any atom is -0.478 e. The quantitative estimate of drug-likeness (QED) is 0.326. The molecule has 2 heterocycles. The van der Waals surface area contributed by atoms with Gasteiger partial charge >= 0.3 is 5.97 Å². The van der Waals surface area contributed by atoms with Crippen molar-refractivity contribution in [1.29, 1.82) is 0 Å². The summed E-state index contributed by atoms with van der Waals surface area (Å²) in [5, 5.41) is 22.9. The second-order valence-corrected chi connectivity index (χ2v) is 7.67. The topological polar surface area (TPSA) is 128 Å². The zero-order chi connectivity index (χ0) is 21.1. The third kappa shape index (κ3) is 4.57. The summed E-state index contributed by atoms with van der Waals surface area (Å²) < 4.78 is 0. The summed E-state index contributed by atoms with van der Waals surface area (Å²) >= 11 is 1.22. The fraction of sp³-hybridized carbons (Fsp3) is 0.300. The van der Waals surface area contributed by atoms with Gasteiger partial charge in [0.15, 0.2) is 10.9 Å². The van der Waals surface area contributed by atoms with Crippen LogP contribution in [0.25, 0.3) is 11.0 Å². The molecule has 0 bridgehead atoms. The highest BCUT2D eigenvalue weighted by Gasteiger charge is 2.21. The summed E-state index contributed by atoms with van der Waals surface area (Å²) in [5.74, 6) is -0.647. The van der Waals surface area contributed by atoms with Gasteiger partial charge in [0, 0.05) is 17.1 Å². The zero-order valence-electron chi connectivity index (χ0n) is 16.3. The van der Waals surface area contributed by atoms with Gasteiger partial charge in [-0.3, -0.25) is 4.79 Å². The minimum atomic E-state index is -1.01. The summed E-state index contributed by atoms with van der Waals surface area (Å²) in [6.07, 6.45) is 0.0262. The summed E-state index contributed by atoms with van der Waals surface area (Å²) in [6, 6.07) is 6.51. The Hall–Kier alpha value is -2.91. The van der Waals surface area contributed by atoms with Crippen LogP contribution >= 0.6 is 11.8 Å². The van der Waals surface area contributed by atoms with E-state index in [0.29, 0.717) is 38.9 Å². The van der Waals surface area contributed by atoms with Gasteiger partial charge in [-0.15, -0.1) is 0 Å². The number of benzene rings is 1. The number of hydrogen-bond acceptors (Lipinski definition) is 7. The average molecular weight is 414 g/mol. The van der Waals surface area contributed by atoms with Gasteiger partial charge < -0.3 is 20.5 Å². The molecule has 1 aromatic carbocycles. The summed E-state index contributed by atoms with van der Waals surface area (Å²) in [7, 11) is 0. The average Bonchev–Trinajstić information content (AvgIpc) is 3.05. The molecule has 2 aromatic heterocycles. The minimum absolute atomic E-state index is 0.0913. The molecular weight excluding hydrogens is 392 g/mol. The van der Waals surface area contributed by atoms with Crippen LogP contribution in [-0.2, 0) is 6.42 Å². The largest absolute Gasteiger partial charge is 0.478 e. The van der Waals surface area contributed by atoms with Crippen LogP contribution in [0.2, 0.25) is 0 Å². The third-order valence-electron chi connectivity index (χ3n) is 4.27. The molecule has 0 aliphatic heterocycles. The number of carbonyl (C=O) groups is 2. The lowest BCUT2D eigenvalue weighted by molar-refractivity contribution is 0.0696. The predicted molar refractivity (Wildman–Crippen MR) is 111 cm³/mol. The number of nitrogens with one attached hydrogen (secondary N) is 2. The fourth-order valence-corrected chi connectivity index (χ4v) is 3.81. The highest BCUT2D eigenvalue weighted by molar-refractivity contribution is 7.99. The number of Topliss-reactive ketones (excluding diaryl/α,β-unsaturated/α-hetero) is 1. The first-order valence-electron chi connectivity index (χ1n) is 9.16. The number of carboxylic acids is 1. The molecule has 4 N–H and O–H groups in total. The van der Waals surface area contributed by atoms with E-state index in [-0.39, 0.29) is 17.9 Å². The molecule has 152 valence electrons. The zero-order valence-corrected chi connectivity index (χ0v) is 17.1. The number of rotatable bonds is 8. The van der Waals surface area contributed by atoms with Gasteiger partial charge in [-0.05, 0) is 50.2 Å². The smallest absolute Gasteiger partial charge is 0.335 e. The van der Waals surface area contributed by atoms with E-state index in [0.717, 1.165) is 5.69 Å². The fourth-order valence-electron chi connectivity index (χ4n) is 2.99. The summed E-state index contributed by atoms with van der Waals surface area (Å²) in [6.45, 7) is 5.36. The van der Waals surface area contributed by atoms with Gasteiger partial charge in [-0.1, -0.05) is 13.0 Å². The molecule has 29 heavy (non-hydrogen) atoms. The third-order valence-corrected chi connectivity index (χ3v) is 5.13. The van der Waals surface area contributed by atoms with Gasteiger partial charge in [-0.25, -0.2) is 14.8 Å². The van der Waals surface area contributed by atoms with E-state index < -0.39 is 12.1 Å². The Morgan fingerprint density at radius 1 is 1.31 bits per heavy atom. The van der Waals surface area contributed by atoms with Crippen molar-refractivity contribution in [2.45, 2.75) is 43.3 Å². The van der Waals surface area contributed by atoms with E-state index in [1.54, 1.807) is 25.1 Å². The Kier molecular flexibility index (Phi) is 6.19. The van der Waals surface area contributed by atoms with Crippen LogP contribution in [0.15, 0.2) is 34.3 Å². The number of carbonyl (C=O) groups excluding carboxylic acids is 1. The maximum Gasteiger partial charge on any atom is 0.335 e. The molecule has 1 atom stereocenters. The van der Waals surface area contributed by atoms with Gasteiger partial charge in [0.05, 0.1) is 22.6 Å². The second kappa shape index (κ2) is 8.62. The SMILES string of the molecule is CCc1[nH]c2nc(Sc3cccc(C(=O)O)c3)nc(NC[C@H](C)O)c2c1C(C)=O. The molecule has 0 radical (unpaired) electrons. The van der Waals surface area contributed by atoms with E-state index in [9.17, 15) is 19.8 Å². The number of carboxylic acid groups (broad SMARTS) is 1. The number of aliphatic hydroxyl groups is 1. The highest BCUT2D eigenvalue weighted by atomic mass is 32.2. The molecule has 9 heteroatoms. The van der Waals surface area contributed by atoms with E-state index in [4.69, 9.17) is 0 Å². The van der Waals surface area contributed by atoms with Crippen molar-refractivity contribution >= 4 is 40.4 Å². The van der Waals surface area contributed by atoms with Crippen molar-refractivity contribution in [2.24, 2.45) is 0 Å². The number of aliphatic hydroxyl groups excluding tert-OH is 1. The first kappa shape index (κ1) is 20.8. The molecule has 0 saturated heterocycles. The van der Waals surface area contributed by atoms with Gasteiger partial charge in [0.2, 0.25) is 0 Å². The van der Waals surface area contributed by atoms with E-state index in [2.05, 4.69) is 20.3 Å². The number of hydrogen-bond donors (Lipinski definition) is 4. The van der Waals surface area contributed by atoms with Gasteiger partial charge in [0.1, 0.15) is 11.5 Å². The molecule has 0 saturated carbocycles. The molecule has 0 aliphatic carbocycles. The van der Waals surface area contributed by atoms with Crippen LogP contribution in [0.4, 0.5) is 5.82 Å². The number of aromatic carboxylic acids is 1. The van der Waals surface area contributed by atoms with Crippen LogP contribution in [0.5, 0.6) is 0 Å². The summed E-state index contributed by atoms with van der Waals surface area (Å²) in [4.78, 5) is 36.4. The number of anilines is 1. The van der Waals surface area contributed by atoms with Crippen LogP contribution in [0, 0.1) is 0 Å². The normalized spacial score (nSPS) is 12.1. The second-order valence-electron chi connectivity index (χ2n) is 6.63. The first-order chi connectivity index (χ1) is 13.8. The Morgan fingerprint density at radius 3 is 2.69 bits per heavy atom. The summed E-state index contributed by atoms with van der Waals surface area (Å²) in [5.41, 5.74) is 2.01. The van der Waals surface area contributed by atoms with Crippen LogP contribution in [-0.4, -0.2) is 49.6 Å². The maximum absolute atomic E-state index is 12.3. The van der Waals surface area contributed by atoms with E-state index in [1.165, 1.54) is 24.8 Å². The molecule has 0 aliphatic rings. The predicted octanol–water partition coefficient (Wildman–Crippen LogP) is 3.37. The number of H-pyrrole nitrogens is 1. The molecule has 0 spiro atoms. The van der Waals surface area contributed by atoms with Crippen molar-refractivity contribution in [1.82, 2.24) is 15.0 Å². The molecule has 3 aromatic rings. The number of aromatic nitrogens is 3. The molecule has 8 nitrogen and oxygen atoms in total. The lowest BCUT2D eigenvalue weighted by atomic mass is 10.1. The van der Waals surface area contributed by atoms with Crippen molar-refractivity contribution in [3.05, 3.63) is 41.1 Å². The van der Waals surface area contributed by atoms with Crippen molar-refractivity contribution in [2.75, 3.05) is 11.9 Å². The maximum atomic E-state index is 12.3. The standard InChI is InChI=1S/C20H22N4O4S/c1-4-14-15(11(3)26)16-17(21-9-10(2)25)23-20(24-18(16)22-14)29-13-7-5-6-12(8-13)19(27)28/h5-8,10,25H,4,9H2,1-3H3,(H,27,28)(H2,21,22,23,24)/t10-/m0/s1. The Balaban J connectivity index is 2.10. The highest BCUT2D eigenvalue weighted by Crippen LogP contribution is 2.33. The van der Waals surface area contributed by atoms with Crippen molar-refractivity contribution < 1.29 is 19.8 Å².